The van der Waals surface area contributed by atoms with Gasteiger partial charge in [0.2, 0.25) is 0 Å². The van der Waals surface area contributed by atoms with Gasteiger partial charge in [0.1, 0.15) is 10.7 Å². The number of halogens is 2. The summed E-state index contributed by atoms with van der Waals surface area (Å²) in [5.74, 6) is -0.858. The van der Waals surface area contributed by atoms with Crippen molar-refractivity contribution in [2.45, 2.75) is 36.7 Å². The van der Waals surface area contributed by atoms with Gasteiger partial charge in [0.05, 0.1) is 23.3 Å². The summed E-state index contributed by atoms with van der Waals surface area (Å²) in [4.78, 5) is 13.1. The van der Waals surface area contributed by atoms with Crippen LogP contribution >= 0.6 is 11.6 Å². The van der Waals surface area contributed by atoms with Gasteiger partial charge in [-0.05, 0) is 78.4 Å². The molecular formula is C30H26ClFN2O3S. The molecule has 1 unspecified atom stereocenters. The maximum Gasteiger partial charge on any atom is 0.266 e. The smallest absolute Gasteiger partial charge is 0.266 e. The van der Waals surface area contributed by atoms with Gasteiger partial charge in [-0.25, -0.2) is 12.8 Å². The topological polar surface area (TPSA) is 66.5 Å². The van der Waals surface area contributed by atoms with E-state index in [4.69, 9.17) is 11.6 Å². The molecule has 1 aliphatic rings. The molecule has 194 valence electrons. The molecule has 5 nitrogen and oxygen atoms in total. The second kappa shape index (κ2) is 11.0. The standard InChI is InChI=1S/C30H26ClFN2O3S/c31-27-18-13-23(30(35)33-28-12-6-10-22-9-4-5-11-26(22)28)19-29(27)38(36,37)34(20-21-7-2-1-3-8-21)25-16-14-24(32)15-17-25/h1-5,7-9,11,13-19,28H,6,10,12,20H2,(H,33,35). The van der Waals surface area contributed by atoms with Crippen molar-refractivity contribution in [3.05, 3.63) is 130 Å². The molecule has 5 rings (SSSR count). The van der Waals surface area contributed by atoms with Gasteiger partial charge in [0.25, 0.3) is 15.9 Å². The number of hydrogen-bond acceptors (Lipinski definition) is 3. The molecule has 4 aromatic carbocycles. The number of carbonyl (C=O) groups is 1. The summed E-state index contributed by atoms with van der Waals surface area (Å²) >= 11 is 6.41. The van der Waals surface area contributed by atoms with Crippen molar-refractivity contribution >= 4 is 33.2 Å². The van der Waals surface area contributed by atoms with Crippen molar-refractivity contribution in [3.63, 3.8) is 0 Å². The average Bonchev–Trinajstić information content (AvgIpc) is 2.93. The van der Waals surface area contributed by atoms with Gasteiger partial charge >= 0.3 is 0 Å². The van der Waals surface area contributed by atoms with E-state index in [0.29, 0.717) is 0 Å². The first-order chi connectivity index (χ1) is 18.3. The summed E-state index contributed by atoms with van der Waals surface area (Å²) in [6.45, 7) is 0.000413. The molecule has 38 heavy (non-hydrogen) atoms. The number of aryl methyl sites for hydroxylation is 1. The summed E-state index contributed by atoms with van der Waals surface area (Å²) in [6, 6.07) is 26.4. The zero-order chi connectivity index (χ0) is 26.7. The molecule has 0 spiro atoms. The van der Waals surface area contributed by atoms with E-state index in [-0.39, 0.29) is 39.7 Å². The van der Waals surface area contributed by atoms with Gasteiger partial charge in [-0.3, -0.25) is 9.10 Å². The van der Waals surface area contributed by atoms with Crippen LogP contribution < -0.4 is 9.62 Å². The number of fused-ring (bicyclic) bond motifs is 1. The Morgan fingerprint density at radius 3 is 2.42 bits per heavy atom. The van der Waals surface area contributed by atoms with Crippen LogP contribution in [-0.4, -0.2) is 14.3 Å². The number of hydrogen-bond donors (Lipinski definition) is 1. The molecule has 1 amide bonds. The summed E-state index contributed by atoms with van der Waals surface area (Å²) in [5, 5.41) is 3.05. The van der Waals surface area contributed by atoms with Crippen LogP contribution in [0.1, 0.15) is 45.9 Å². The number of nitrogens with one attached hydrogen (secondary N) is 1. The minimum atomic E-state index is -4.23. The minimum absolute atomic E-state index is 0.000413. The van der Waals surface area contributed by atoms with Gasteiger partial charge < -0.3 is 5.32 Å². The van der Waals surface area contributed by atoms with Gasteiger partial charge in [-0.1, -0.05) is 66.2 Å². The average molecular weight is 549 g/mol. The summed E-state index contributed by atoms with van der Waals surface area (Å²) in [6.07, 6.45) is 2.72. The molecular weight excluding hydrogens is 523 g/mol. The first kappa shape index (κ1) is 25.9. The van der Waals surface area contributed by atoms with Crippen LogP contribution in [-0.2, 0) is 23.0 Å². The van der Waals surface area contributed by atoms with Gasteiger partial charge in [0, 0.05) is 5.56 Å². The molecule has 1 aliphatic carbocycles. The number of amides is 1. The van der Waals surface area contributed by atoms with Crippen molar-refractivity contribution in [1.82, 2.24) is 5.32 Å². The Hall–Kier alpha value is -3.68. The van der Waals surface area contributed by atoms with E-state index in [9.17, 15) is 17.6 Å². The highest BCUT2D eigenvalue weighted by Gasteiger charge is 2.29. The Labute approximate surface area is 226 Å². The third kappa shape index (κ3) is 5.44. The molecule has 0 radical (unpaired) electrons. The fourth-order valence-electron chi connectivity index (χ4n) is 4.78. The van der Waals surface area contributed by atoms with Gasteiger partial charge in [-0.2, -0.15) is 0 Å². The molecule has 4 aromatic rings. The molecule has 0 saturated carbocycles. The predicted molar refractivity (Wildman–Crippen MR) is 147 cm³/mol. The number of rotatable bonds is 7. The molecule has 0 bridgehead atoms. The summed E-state index contributed by atoms with van der Waals surface area (Å²) in [7, 11) is -4.23. The van der Waals surface area contributed by atoms with E-state index in [1.54, 1.807) is 12.1 Å². The van der Waals surface area contributed by atoms with Crippen molar-refractivity contribution in [3.8, 4) is 0 Å². The van der Waals surface area contributed by atoms with E-state index in [1.165, 1.54) is 52.3 Å². The molecule has 0 saturated heterocycles. The molecule has 0 heterocycles. The third-order valence-corrected chi connectivity index (χ3v) is 8.98. The largest absolute Gasteiger partial charge is 0.345 e. The third-order valence-electron chi connectivity index (χ3n) is 6.72. The fourth-order valence-corrected chi connectivity index (χ4v) is 6.73. The molecule has 1 N–H and O–H groups in total. The second-order valence-electron chi connectivity index (χ2n) is 9.24. The lowest BCUT2D eigenvalue weighted by Gasteiger charge is -2.27. The van der Waals surface area contributed by atoms with E-state index in [1.807, 2.05) is 36.4 Å². The molecule has 1 atom stereocenters. The van der Waals surface area contributed by atoms with E-state index in [0.717, 1.165) is 30.4 Å². The number of anilines is 1. The normalized spacial score (nSPS) is 14.9. The van der Waals surface area contributed by atoms with Crippen LogP contribution in [0.5, 0.6) is 0 Å². The minimum Gasteiger partial charge on any atom is -0.345 e. The quantitative estimate of drug-likeness (QED) is 0.280. The first-order valence-electron chi connectivity index (χ1n) is 12.3. The monoisotopic (exact) mass is 548 g/mol. The first-order valence-corrected chi connectivity index (χ1v) is 14.2. The lowest BCUT2D eigenvalue weighted by atomic mass is 9.87. The van der Waals surface area contributed by atoms with E-state index in [2.05, 4.69) is 11.4 Å². The predicted octanol–water partition coefficient (Wildman–Crippen LogP) is 6.68. The number of nitrogens with zero attached hydrogens (tertiary/aromatic N) is 1. The van der Waals surface area contributed by atoms with Crippen molar-refractivity contribution in [2.75, 3.05) is 4.31 Å². The number of sulfonamides is 1. The maximum absolute atomic E-state index is 14.0. The molecule has 8 heteroatoms. The number of benzene rings is 4. The molecule has 0 fully saturated rings. The zero-order valence-electron chi connectivity index (χ0n) is 20.5. The van der Waals surface area contributed by atoms with Crippen molar-refractivity contribution in [2.24, 2.45) is 0 Å². The highest BCUT2D eigenvalue weighted by Crippen LogP contribution is 2.32. The van der Waals surface area contributed by atoms with Crippen LogP contribution in [0.4, 0.5) is 10.1 Å². The van der Waals surface area contributed by atoms with Gasteiger partial charge in [-0.15, -0.1) is 0 Å². The van der Waals surface area contributed by atoms with Crippen LogP contribution in [0.15, 0.2) is 102 Å². The second-order valence-corrected chi connectivity index (χ2v) is 11.5. The SMILES string of the molecule is O=C(NC1CCCc2ccccc21)c1ccc(Cl)c(S(=O)(=O)N(Cc2ccccc2)c2ccc(F)cc2)c1. The Morgan fingerprint density at radius 1 is 0.947 bits per heavy atom. The highest BCUT2D eigenvalue weighted by atomic mass is 35.5. The van der Waals surface area contributed by atoms with Crippen LogP contribution in [0.3, 0.4) is 0 Å². The highest BCUT2D eigenvalue weighted by molar-refractivity contribution is 7.93. The van der Waals surface area contributed by atoms with Crippen molar-refractivity contribution < 1.29 is 17.6 Å². The Balaban J connectivity index is 1.48. The van der Waals surface area contributed by atoms with Crippen LogP contribution in [0, 0.1) is 5.82 Å². The Morgan fingerprint density at radius 2 is 1.66 bits per heavy atom. The Bertz CT molecular complexity index is 1560. The van der Waals surface area contributed by atoms with Crippen LogP contribution in [0.2, 0.25) is 5.02 Å². The number of carbonyl (C=O) groups excluding carboxylic acids is 1. The summed E-state index contributed by atoms with van der Waals surface area (Å²) < 4.78 is 42.8. The zero-order valence-corrected chi connectivity index (χ0v) is 22.1. The van der Waals surface area contributed by atoms with E-state index < -0.39 is 15.8 Å². The summed E-state index contributed by atoms with van der Waals surface area (Å²) in [5.41, 5.74) is 3.50. The van der Waals surface area contributed by atoms with Crippen molar-refractivity contribution in [1.29, 1.82) is 0 Å². The molecule has 0 aromatic heterocycles. The van der Waals surface area contributed by atoms with Gasteiger partial charge in [0.15, 0.2) is 0 Å². The fraction of sp³-hybridized carbons (Fsp3) is 0.167. The lowest BCUT2D eigenvalue weighted by molar-refractivity contribution is 0.0932. The van der Waals surface area contributed by atoms with Crippen LogP contribution in [0.25, 0.3) is 0 Å². The molecule has 0 aliphatic heterocycles. The lowest BCUT2D eigenvalue weighted by Crippen LogP contribution is -2.32. The maximum atomic E-state index is 14.0. The Kier molecular flexibility index (Phi) is 7.49. The van der Waals surface area contributed by atoms with E-state index >= 15 is 0 Å².